The predicted octanol–water partition coefficient (Wildman–Crippen LogP) is 3.18. The Morgan fingerprint density at radius 1 is 1.20 bits per heavy atom. The van der Waals surface area contributed by atoms with Crippen molar-refractivity contribution in [2.45, 2.75) is 32.3 Å². The molecule has 2 heteroatoms. The van der Waals surface area contributed by atoms with E-state index in [-0.39, 0.29) is 0 Å². The largest absolute Gasteiger partial charge is 0.385 e. The zero-order valence-corrected chi connectivity index (χ0v) is 9.25. The zero-order chi connectivity index (χ0) is 10.9. The minimum atomic E-state index is -0.681. The van der Waals surface area contributed by atoms with Gasteiger partial charge in [-0.1, -0.05) is 26.0 Å². The van der Waals surface area contributed by atoms with Gasteiger partial charge in [0.05, 0.1) is 5.60 Å². The second-order valence-corrected chi connectivity index (χ2v) is 4.02. The smallest absolute Gasteiger partial charge is 0.0892 e. The van der Waals surface area contributed by atoms with Crippen molar-refractivity contribution in [3.05, 3.63) is 36.0 Å². The first-order valence-electron chi connectivity index (χ1n) is 5.49. The quantitative estimate of drug-likeness (QED) is 0.789. The van der Waals surface area contributed by atoms with Crippen molar-refractivity contribution >= 4 is 10.9 Å². The molecule has 2 nitrogen and oxygen atoms in total. The van der Waals surface area contributed by atoms with Crippen molar-refractivity contribution in [1.82, 2.24) is 4.98 Å². The number of hydrogen-bond acceptors (Lipinski definition) is 1. The summed E-state index contributed by atoms with van der Waals surface area (Å²) < 4.78 is 0. The molecule has 0 aliphatic rings. The van der Waals surface area contributed by atoms with Crippen LogP contribution < -0.4 is 0 Å². The highest BCUT2D eigenvalue weighted by Crippen LogP contribution is 2.30. The number of aromatic nitrogens is 1. The van der Waals surface area contributed by atoms with Crippen molar-refractivity contribution in [3.63, 3.8) is 0 Å². The highest BCUT2D eigenvalue weighted by molar-refractivity contribution is 5.80. The number of benzene rings is 1. The fraction of sp³-hybridized carbons (Fsp3) is 0.385. The first kappa shape index (κ1) is 10.2. The van der Waals surface area contributed by atoms with Crippen LogP contribution in [-0.4, -0.2) is 10.1 Å². The second-order valence-electron chi connectivity index (χ2n) is 4.02. The van der Waals surface area contributed by atoms with Gasteiger partial charge >= 0.3 is 0 Å². The van der Waals surface area contributed by atoms with Gasteiger partial charge < -0.3 is 10.1 Å². The summed E-state index contributed by atoms with van der Waals surface area (Å²) >= 11 is 0. The molecule has 1 aromatic heterocycles. The molecular weight excluding hydrogens is 186 g/mol. The lowest BCUT2D eigenvalue weighted by atomic mass is 9.88. The number of nitrogens with one attached hydrogen (secondary N) is 1. The van der Waals surface area contributed by atoms with E-state index in [4.69, 9.17) is 0 Å². The van der Waals surface area contributed by atoms with E-state index in [1.807, 2.05) is 38.2 Å². The Morgan fingerprint density at radius 3 is 2.60 bits per heavy atom. The molecule has 15 heavy (non-hydrogen) atoms. The van der Waals surface area contributed by atoms with E-state index in [9.17, 15) is 5.11 Å². The minimum Gasteiger partial charge on any atom is -0.385 e. The van der Waals surface area contributed by atoms with Crippen LogP contribution in [0.15, 0.2) is 30.5 Å². The number of aromatic amines is 1. The Kier molecular flexibility index (Phi) is 2.53. The first-order valence-corrected chi connectivity index (χ1v) is 5.49. The maximum atomic E-state index is 10.4. The van der Waals surface area contributed by atoms with E-state index < -0.39 is 5.60 Å². The molecular formula is C13H17NO. The Labute approximate surface area is 89.9 Å². The van der Waals surface area contributed by atoms with Gasteiger partial charge in [0.15, 0.2) is 0 Å². The molecule has 0 unspecified atom stereocenters. The van der Waals surface area contributed by atoms with Gasteiger partial charge in [0.2, 0.25) is 0 Å². The van der Waals surface area contributed by atoms with Crippen LogP contribution in [0.25, 0.3) is 10.9 Å². The number of rotatable bonds is 3. The third-order valence-electron chi connectivity index (χ3n) is 3.26. The van der Waals surface area contributed by atoms with Crippen molar-refractivity contribution in [1.29, 1.82) is 0 Å². The summed E-state index contributed by atoms with van der Waals surface area (Å²) in [5, 5.41) is 11.6. The van der Waals surface area contributed by atoms with Crippen molar-refractivity contribution in [3.8, 4) is 0 Å². The van der Waals surface area contributed by atoms with Gasteiger partial charge in [-0.15, -0.1) is 0 Å². The zero-order valence-electron chi connectivity index (χ0n) is 9.25. The van der Waals surface area contributed by atoms with Crippen molar-refractivity contribution < 1.29 is 5.11 Å². The Hall–Kier alpha value is -1.28. The van der Waals surface area contributed by atoms with Crippen LogP contribution in [0.2, 0.25) is 0 Å². The van der Waals surface area contributed by atoms with E-state index in [1.54, 1.807) is 0 Å². The number of hydrogen-bond donors (Lipinski definition) is 2. The monoisotopic (exact) mass is 203 g/mol. The molecule has 0 spiro atoms. The molecule has 0 radical (unpaired) electrons. The molecule has 0 aliphatic heterocycles. The van der Waals surface area contributed by atoms with E-state index in [1.165, 1.54) is 5.39 Å². The number of H-pyrrole nitrogens is 1. The average Bonchev–Trinajstić information content (AvgIpc) is 2.74. The van der Waals surface area contributed by atoms with Crippen molar-refractivity contribution in [2.75, 3.05) is 0 Å². The second kappa shape index (κ2) is 3.70. The molecule has 0 saturated carbocycles. The summed E-state index contributed by atoms with van der Waals surface area (Å²) in [6.45, 7) is 4.03. The summed E-state index contributed by atoms with van der Waals surface area (Å²) in [6, 6.07) is 8.15. The summed E-state index contributed by atoms with van der Waals surface area (Å²) in [7, 11) is 0. The van der Waals surface area contributed by atoms with E-state index in [0.29, 0.717) is 0 Å². The van der Waals surface area contributed by atoms with Crippen LogP contribution in [0.4, 0.5) is 0 Å². The summed E-state index contributed by atoms with van der Waals surface area (Å²) in [4.78, 5) is 3.17. The Morgan fingerprint density at radius 2 is 1.93 bits per heavy atom. The predicted molar refractivity (Wildman–Crippen MR) is 62.8 cm³/mol. The van der Waals surface area contributed by atoms with Gasteiger partial charge in [0, 0.05) is 11.7 Å². The van der Waals surface area contributed by atoms with Gasteiger partial charge in [0.25, 0.3) is 0 Å². The summed E-state index contributed by atoms with van der Waals surface area (Å²) in [6.07, 6.45) is 3.41. The molecule has 0 fully saturated rings. The van der Waals surface area contributed by atoms with Crippen molar-refractivity contribution in [2.24, 2.45) is 0 Å². The van der Waals surface area contributed by atoms with Gasteiger partial charge in [-0.25, -0.2) is 0 Å². The summed E-state index contributed by atoms with van der Waals surface area (Å²) in [5.74, 6) is 0. The molecule has 2 aromatic rings. The van der Waals surface area contributed by atoms with Gasteiger partial charge in [0.1, 0.15) is 0 Å². The SMILES string of the molecule is CCC(O)(CC)c1ccc2cc[nH]c2c1. The first-order chi connectivity index (χ1) is 7.19. The molecule has 0 atom stereocenters. The number of fused-ring (bicyclic) bond motifs is 1. The van der Waals surface area contributed by atoms with Gasteiger partial charge in [-0.3, -0.25) is 0 Å². The average molecular weight is 203 g/mol. The third kappa shape index (κ3) is 1.65. The standard InChI is InChI=1S/C13H17NO/c1-3-13(15,4-2)11-6-5-10-7-8-14-12(10)9-11/h5-9,14-15H,3-4H2,1-2H3. The van der Waals surface area contributed by atoms with Crippen LogP contribution >= 0.6 is 0 Å². The molecule has 2 N–H and O–H groups in total. The maximum Gasteiger partial charge on any atom is 0.0892 e. The van der Waals surface area contributed by atoms with Crippen LogP contribution in [-0.2, 0) is 5.60 Å². The normalized spacial score (nSPS) is 12.2. The fourth-order valence-electron chi connectivity index (χ4n) is 2.00. The molecule has 80 valence electrons. The lowest BCUT2D eigenvalue weighted by molar-refractivity contribution is 0.0285. The topological polar surface area (TPSA) is 36.0 Å². The Bertz CT molecular complexity index is 454. The molecule has 1 aromatic carbocycles. The van der Waals surface area contributed by atoms with E-state index in [2.05, 4.69) is 11.1 Å². The molecule has 0 aliphatic carbocycles. The molecule has 0 bridgehead atoms. The fourth-order valence-corrected chi connectivity index (χ4v) is 2.00. The molecule has 2 rings (SSSR count). The van der Waals surface area contributed by atoms with E-state index in [0.717, 1.165) is 23.9 Å². The molecule has 0 saturated heterocycles. The Balaban J connectivity index is 2.51. The van der Waals surface area contributed by atoms with Crippen LogP contribution in [0.1, 0.15) is 32.3 Å². The lowest BCUT2D eigenvalue weighted by Crippen LogP contribution is -2.23. The molecule has 0 amide bonds. The third-order valence-corrected chi connectivity index (χ3v) is 3.26. The highest BCUT2D eigenvalue weighted by atomic mass is 16.3. The van der Waals surface area contributed by atoms with Gasteiger partial charge in [-0.05, 0) is 35.9 Å². The van der Waals surface area contributed by atoms with E-state index >= 15 is 0 Å². The maximum absolute atomic E-state index is 10.4. The van der Waals surface area contributed by atoms with Crippen LogP contribution in [0, 0.1) is 0 Å². The van der Waals surface area contributed by atoms with Gasteiger partial charge in [-0.2, -0.15) is 0 Å². The van der Waals surface area contributed by atoms with Crippen LogP contribution in [0.3, 0.4) is 0 Å². The highest BCUT2D eigenvalue weighted by Gasteiger charge is 2.24. The van der Waals surface area contributed by atoms with Crippen LogP contribution in [0.5, 0.6) is 0 Å². The molecule has 1 heterocycles. The summed E-state index contributed by atoms with van der Waals surface area (Å²) in [5.41, 5.74) is 1.41. The lowest BCUT2D eigenvalue weighted by Gasteiger charge is -2.25. The minimum absolute atomic E-state index is 0.681. The number of aliphatic hydroxyl groups is 1.